The van der Waals surface area contributed by atoms with Crippen molar-refractivity contribution in [2.45, 2.75) is 58.3 Å². The van der Waals surface area contributed by atoms with E-state index in [2.05, 4.69) is 11.8 Å². The van der Waals surface area contributed by atoms with Gasteiger partial charge in [0.2, 0.25) is 0 Å². The first-order valence-electron chi connectivity index (χ1n) is 8.24. The minimum absolute atomic E-state index is 0.829. The van der Waals surface area contributed by atoms with E-state index in [0.717, 1.165) is 24.3 Å². The fourth-order valence-corrected chi connectivity index (χ4v) is 3.83. The van der Waals surface area contributed by atoms with Crippen LogP contribution in [-0.2, 0) is 0 Å². The molecule has 1 atom stereocenters. The molecule has 1 saturated heterocycles. The Labute approximate surface area is 113 Å². The molecule has 0 bridgehead atoms. The van der Waals surface area contributed by atoms with Crippen LogP contribution in [0.2, 0.25) is 0 Å². The second-order valence-electron chi connectivity index (χ2n) is 6.63. The summed E-state index contributed by atoms with van der Waals surface area (Å²) in [6.07, 6.45) is 11.3. The Morgan fingerprint density at radius 3 is 2.28 bits per heavy atom. The van der Waals surface area contributed by atoms with Gasteiger partial charge in [-0.15, -0.1) is 0 Å². The van der Waals surface area contributed by atoms with Crippen LogP contribution in [0.5, 0.6) is 0 Å². The molecule has 0 amide bonds. The summed E-state index contributed by atoms with van der Waals surface area (Å²) < 4.78 is 0. The molecule has 2 rings (SSSR count). The Kier molecular flexibility index (Phi) is 5.97. The largest absolute Gasteiger partial charge is 0.330 e. The Bertz CT molecular complexity index is 221. The molecular weight excluding hydrogens is 220 g/mol. The summed E-state index contributed by atoms with van der Waals surface area (Å²) in [6, 6.07) is 0. The van der Waals surface area contributed by atoms with Crippen molar-refractivity contribution in [2.24, 2.45) is 23.5 Å². The molecule has 1 aliphatic carbocycles. The number of rotatable bonds is 4. The topological polar surface area (TPSA) is 29.3 Å². The third kappa shape index (κ3) is 4.24. The summed E-state index contributed by atoms with van der Waals surface area (Å²) in [5, 5.41) is 0. The molecule has 0 aromatic rings. The summed E-state index contributed by atoms with van der Waals surface area (Å²) in [5.41, 5.74) is 5.77. The van der Waals surface area contributed by atoms with Gasteiger partial charge in [0.15, 0.2) is 0 Å². The van der Waals surface area contributed by atoms with Gasteiger partial charge in [-0.05, 0) is 82.3 Å². The highest BCUT2D eigenvalue weighted by Crippen LogP contribution is 2.29. The van der Waals surface area contributed by atoms with Crippen LogP contribution in [0.15, 0.2) is 0 Å². The summed E-state index contributed by atoms with van der Waals surface area (Å²) >= 11 is 0. The summed E-state index contributed by atoms with van der Waals surface area (Å²) in [4.78, 5) is 2.75. The quantitative estimate of drug-likeness (QED) is 0.832. The lowest BCUT2D eigenvalue weighted by Crippen LogP contribution is -2.33. The normalized spacial score (nSPS) is 35.3. The van der Waals surface area contributed by atoms with Crippen LogP contribution in [0.25, 0.3) is 0 Å². The van der Waals surface area contributed by atoms with Gasteiger partial charge in [0.05, 0.1) is 0 Å². The van der Waals surface area contributed by atoms with E-state index in [0.29, 0.717) is 0 Å². The van der Waals surface area contributed by atoms with E-state index in [-0.39, 0.29) is 0 Å². The van der Waals surface area contributed by atoms with Gasteiger partial charge in [0.1, 0.15) is 0 Å². The van der Waals surface area contributed by atoms with E-state index in [1.54, 1.807) is 0 Å². The van der Waals surface area contributed by atoms with Crippen LogP contribution in [0.3, 0.4) is 0 Å². The minimum atomic E-state index is 0.829. The van der Waals surface area contributed by atoms with Crippen LogP contribution >= 0.6 is 0 Å². The molecule has 0 aromatic heterocycles. The summed E-state index contributed by atoms with van der Waals surface area (Å²) in [5.74, 6) is 2.80. The van der Waals surface area contributed by atoms with Crippen LogP contribution < -0.4 is 5.73 Å². The van der Waals surface area contributed by atoms with Gasteiger partial charge in [-0.2, -0.15) is 0 Å². The second kappa shape index (κ2) is 7.49. The van der Waals surface area contributed by atoms with Crippen LogP contribution in [-0.4, -0.2) is 31.1 Å². The standard InChI is InChI=1S/C16H32N2/c1-2-14-4-3-10-18(11-9-14)13-16-7-5-15(12-17)6-8-16/h14-16H,2-13,17H2,1H3. The van der Waals surface area contributed by atoms with Crippen molar-refractivity contribution in [3.63, 3.8) is 0 Å². The fraction of sp³-hybridized carbons (Fsp3) is 1.00. The Hall–Kier alpha value is -0.0800. The Balaban J connectivity index is 1.70. The van der Waals surface area contributed by atoms with E-state index in [4.69, 9.17) is 5.73 Å². The molecule has 106 valence electrons. The number of hydrogen-bond acceptors (Lipinski definition) is 2. The summed E-state index contributed by atoms with van der Waals surface area (Å²) in [6.45, 7) is 7.35. The maximum absolute atomic E-state index is 5.77. The molecule has 2 heteroatoms. The van der Waals surface area contributed by atoms with Gasteiger partial charge < -0.3 is 10.6 Å². The second-order valence-corrected chi connectivity index (χ2v) is 6.63. The van der Waals surface area contributed by atoms with Crippen molar-refractivity contribution in [3.8, 4) is 0 Å². The number of nitrogens with two attached hydrogens (primary N) is 1. The third-order valence-electron chi connectivity index (χ3n) is 5.33. The molecule has 2 N–H and O–H groups in total. The molecule has 1 aliphatic heterocycles. The fourth-order valence-electron chi connectivity index (χ4n) is 3.83. The zero-order valence-electron chi connectivity index (χ0n) is 12.2. The SMILES string of the molecule is CCC1CCCN(CC2CCC(CN)CC2)CC1. The molecule has 2 aliphatic rings. The molecule has 1 heterocycles. The first-order chi connectivity index (χ1) is 8.81. The number of hydrogen-bond donors (Lipinski definition) is 1. The van der Waals surface area contributed by atoms with E-state index < -0.39 is 0 Å². The highest BCUT2D eigenvalue weighted by atomic mass is 15.1. The van der Waals surface area contributed by atoms with Crippen molar-refractivity contribution in [2.75, 3.05) is 26.2 Å². The highest BCUT2D eigenvalue weighted by Gasteiger charge is 2.23. The molecule has 2 nitrogen and oxygen atoms in total. The van der Waals surface area contributed by atoms with Crippen LogP contribution in [0.1, 0.15) is 58.3 Å². The Morgan fingerprint density at radius 2 is 1.61 bits per heavy atom. The van der Waals surface area contributed by atoms with Gasteiger partial charge in [-0.25, -0.2) is 0 Å². The van der Waals surface area contributed by atoms with Gasteiger partial charge >= 0.3 is 0 Å². The van der Waals surface area contributed by atoms with Crippen molar-refractivity contribution in [1.29, 1.82) is 0 Å². The number of nitrogens with zero attached hydrogens (tertiary/aromatic N) is 1. The minimum Gasteiger partial charge on any atom is -0.330 e. The lowest BCUT2D eigenvalue weighted by molar-refractivity contribution is 0.184. The zero-order chi connectivity index (χ0) is 12.8. The van der Waals surface area contributed by atoms with Crippen molar-refractivity contribution in [1.82, 2.24) is 4.90 Å². The lowest BCUT2D eigenvalue weighted by atomic mass is 9.82. The average Bonchev–Trinajstić information content (AvgIpc) is 2.65. The smallest absolute Gasteiger partial charge is 0.000966 e. The van der Waals surface area contributed by atoms with Gasteiger partial charge in [-0.3, -0.25) is 0 Å². The van der Waals surface area contributed by atoms with Crippen molar-refractivity contribution in [3.05, 3.63) is 0 Å². The molecule has 0 spiro atoms. The predicted octanol–water partition coefficient (Wildman–Crippen LogP) is 3.26. The monoisotopic (exact) mass is 252 g/mol. The van der Waals surface area contributed by atoms with E-state index >= 15 is 0 Å². The van der Waals surface area contributed by atoms with Crippen molar-refractivity contribution < 1.29 is 0 Å². The molecular formula is C16H32N2. The third-order valence-corrected chi connectivity index (χ3v) is 5.33. The van der Waals surface area contributed by atoms with Crippen LogP contribution in [0, 0.1) is 17.8 Å². The summed E-state index contributed by atoms with van der Waals surface area (Å²) in [7, 11) is 0. The van der Waals surface area contributed by atoms with Crippen molar-refractivity contribution >= 4 is 0 Å². The highest BCUT2D eigenvalue weighted by molar-refractivity contribution is 4.77. The molecule has 0 radical (unpaired) electrons. The van der Waals surface area contributed by atoms with Crippen LogP contribution in [0.4, 0.5) is 0 Å². The van der Waals surface area contributed by atoms with Gasteiger partial charge in [-0.1, -0.05) is 13.3 Å². The molecule has 1 unspecified atom stereocenters. The maximum atomic E-state index is 5.77. The Morgan fingerprint density at radius 1 is 0.889 bits per heavy atom. The molecule has 2 fully saturated rings. The molecule has 0 aromatic carbocycles. The number of likely N-dealkylation sites (tertiary alicyclic amines) is 1. The maximum Gasteiger partial charge on any atom is 0.000966 e. The van der Waals surface area contributed by atoms with E-state index in [1.807, 2.05) is 0 Å². The lowest BCUT2D eigenvalue weighted by Gasteiger charge is -2.32. The van der Waals surface area contributed by atoms with E-state index in [9.17, 15) is 0 Å². The van der Waals surface area contributed by atoms with E-state index in [1.165, 1.54) is 71.0 Å². The zero-order valence-corrected chi connectivity index (χ0v) is 12.2. The van der Waals surface area contributed by atoms with Gasteiger partial charge in [0, 0.05) is 6.54 Å². The molecule has 1 saturated carbocycles. The predicted molar refractivity (Wildman–Crippen MR) is 78.6 cm³/mol. The first-order valence-corrected chi connectivity index (χ1v) is 8.24. The average molecular weight is 252 g/mol. The first kappa shape index (κ1) is 14.3. The molecule has 18 heavy (non-hydrogen) atoms. The van der Waals surface area contributed by atoms with Gasteiger partial charge in [0.25, 0.3) is 0 Å².